The molecule has 0 aliphatic heterocycles. The molecule has 0 bridgehead atoms. The number of carbonyl (C=O) groups is 6. The summed E-state index contributed by atoms with van der Waals surface area (Å²) in [6.07, 6.45) is 0.136. The van der Waals surface area contributed by atoms with E-state index in [1.807, 2.05) is 0 Å². The summed E-state index contributed by atoms with van der Waals surface area (Å²) >= 11 is 0. The van der Waals surface area contributed by atoms with Crippen molar-refractivity contribution in [2.75, 3.05) is 40.1 Å². The van der Waals surface area contributed by atoms with Crippen LogP contribution in [0.2, 0.25) is 0 Å². The molecule has 6 unspecified atom stereocenters. The number of phenols is 1. The van der Waals surface area contributed by atoms with Gasteiger partial charge in [-0.3, -0.25) is 33.7 Å². The van der Waals surface area contributed by atoms with Crippen LogP contribution in [0.3, 0.4) is 0 Å². The molecule has 12 heteroatoms. The third-order valence-electron chi connectivity index (χ3n) is 7.67. The Balaban J connectivity index is 1.77. The van der Waals surface area contributed by atoms with Crippen molar-refractivity contribution in [1.82, 2.24) is 9.80 Å². The molecule has 0 aromatic heterocycles. The molecular formula is C25H30N4O8. The maximum absolute atomic E-state index is 13.8. The largest absolute Gasteiger partial charge is 0.505 e. The summed E-state index contributed by atoms with van der Waals surface area (Å²) in [6, 6.07) is 1.89. The van der Waals surface area contributed by atoms with Crippen LogP contribution in [0.1, 0.15) is 22.3 Å². The number of rotatable bonds is 5. The van der Waals surface area contributed by atoms with Gasteiger partial charge in [0.2, 0.25) is 11.8 Å². The van der Waals surface area contributed by atoms with Gasteiger partial charge in [-0.05, 0) is 58.6 Å². The van der Waals surface area contributed by atoms with Crippen LogP contribution < -0.4 is 11.1 Å². The Hall–Kier alpha value is -3.48. The van der Waals surface area contributed by atoms with Crippen LogP contribution >= 0.6 is 0 Å². The number of hydrogen-bond acceptors (Lipinski definition) is 10. The summed E-state index contributed by atoms with van der Waals surface area (Å²) in [5.41, 5.74) is 2.79. The Kier molecular flexibility index (Phi) is 6.55. The Morgan fingerprint density at radius 3 is 2.32 bits per heavy atom. The molecule has 198 valence electrons. The lowest BCUT2D eigenvalue weighted by atomic mass is 9.52. The highest BCUT2D eigenvalue weighted by atomic mass is 16.3. The fraction of sp³-hybridized carbons (Fsp3) is 0.520. The van der Waals surface area contributed by atoms with Crippen molar-refractivity contribution in [3.05, 3.63) is 23.3 Å². The van der Waals surface area contributed by atoms with E-state index in [1.165, 1.54) is 25.1 Å². The average Bonchev–Trinajstić information content (AvgIpc) is 2.77. The number of aliphatic hydroxyl groups is 1. The van der Waals surface area contributed by atoms with Crippen LogP contribution in [0.4, 0.5) is 5.69 Å². The zero-order chi connectivity index (χ0) is 27.6. The Morgan fingerprint density at radius 1 is 1.11 bits per heavy atom. The predicted molar refractivity (Wildman–Crippen MR) is 129 cm³/mol. The van der Waals surface area contributed by atoms with Gasteiger partial charge in [0.05, 0.1) is 29.8 Å². The molecule has 5 N–H and O–H groups in total. The van der Waals surface area contributed by atoms with E-state index in [0.29, 0.717) is 5.56 Å². The second-order valence-electron chi connectivity index (χ2n) is 10.6. The zero-order valence-electron chi connectivity index (χ0n) is 21.0. The predicted octanol–water partition coefficient (Wildman–Crippen LogP) is -1.63. The van der Waals surface area contributed by atoms with E-state index in [9.17, 15) is 39.0 Å². The quantitative estimate of drug-likeness (QED) is 0.262. The maximum atomic E-state index is 13.8. The van der Waals surface area contributed by atoms with E-state index in [-0.39, 0.29) is 30.6 Å². The van der Waals surface area contributed by atoms with E-state index < -0.39 is 76.0 Å². The first kappa shape index (κ1) is 26.6. The molecule has 6 atom stereocenters. The summed E-state index contributed by atoms with van der Waals surface area (Å²) in [5, 5.41) is 25.0. The molecule has 2 fully saturated rings. The number of ketones is 4. The number of benzene rings is 1. The summed E-state index contributed by atoms with van der Waals surface area (Å²) in [4.78, 5) is 80.9. The minimum Gasteiger partial charge on any atom is -0.505 e. The van der Waals surface area contributed by atoms with Crippen molar-refractivity contribution in [1.29, 1.82) is 0 Å². The molecule has 37 heavy (non-hydrogen) atoms. The van der Waals surface area contributed by atoms with Crippen molar-refractivity contribution < 1.29 is 39.0 Å². The molecule has 2 amide bonds. The second kappa shape index (κ2) is 9.12. The lowest BCUT2D eigenvalue weighted by Crippen LogP contribution is -2.74. The Labute approximate surface area is 212 Å². The minimum absolute atomic E-state index is 0.0157. The SMILES string of the molecule is CN(C)CC(=O)Nc1ccc2c(c1O)C(=O)C1C(=O)C3(O)C(=O)C(C(N)=O)C(=O)C(N(C)C)C3CC1C2. The molecule has 3 aliphatic carbocycles. The lowest BCUT2D eigenvalue weighted by Gasteiger charge is -2.52. The maximum Gasteiger partial charge on any atom is 0.238 e. The molecule has 0 spiro atoms. The Morgan fingerprint density at radius 2 is 1.76 bits per heavy atom. The number of amides is 2. The molecule has 0 heterocycles. The first-order chi connectivity index (χ1) is 17.2. The van der Waals surface area contributed by atoms with E-state index in [1.54, 1.807) is 25.1 Å². The summed E-state index contributed by atoms with van der Waals surface area (Å²) < 4.78 is 0. The monoisotopic (exact) mass is 514 g/mol. The zero-order valence-corrected chi connectivity index (χ0v) is 21.0. The second-order valence-corrected chi connectivity index (χ2v) is 10.6. The lowest BCUT2D eigenvalue weighted by molar-refractivity contribution is -0.181. The topological polar surface area (TPSA) is 187 Å². The first-order valence-corrected chi connectivity index (χ1v) is 11.9. The summed E-state index contributed by atoms with van der Waals surface area (Å²) in [7, 11) is 6.43. The molecule has 1 aromatic rings. The fourth-order valence-electron chi connectivity index (χ4n) is 6.16. The molecule has 2 saturated carbocycles. The van der Waals surface area contributed by atoms with Gasteiger partial charge in [-0.2, -0.15) is 0 Å². The van der Waals surface area contributed by atoms with Gasteiger partial charge in [0.15, 0.2) is 34.7 Å². The minimum atomic E-state index is -2.77. The van der Waals surface area contributed by atoms with E-state index in [0.717, 1.165) is 0 Å². The molecule has 0 saturated heterocycles. The van der Waals surface area contributed by atoms with Crippen molar-refractivity contribution in [3.63, 3.8) is 0 Å². The number of nitrogens with two attached hydrogens (primary N) is 1. The molecule has 4 rings (SSSR count). The number of likely N-dealkylation sites (N-methyl/N-ethyl adjacent to an activating group) is 2. The number of Topliss-reactive ketones (excluding diaryl/α,β-unsaturated/α-hetero) is 4. The van der Waals surface area contributed by atoms with Gasteiger partial charge in [-0.15, -0.1) is 0 Å². The molecule has 1 aromatic carbocycles. The van der Waals surface area contributed by atoms with Crippen molar-refractivity contribution >= 4 is 40.6 Å². The van der Waals surface area contributed by atoms with Crippen molar-refractivity contribution in [2.45, 2.75) is 24.5 Å². The first-order valence-electron chi connectivity index (χ1n) is 11.9. The van der Waals surface area contributed by atoms with E-state index in [2.05, 4.69) is 5.32 Å². The average molecular weight is 515 g/mol. The Bertz CT molecular complexity index is 1240. The number of primary amides is 1. The van der Waals surface area contributed by atoms with Crippen LogP contribution in [0, 0.1) is 23.7 Å². The molecule has 0 radical (unpaired) electrons. The highest BCUT2D eigenvalue weighted by molar-refractivity contribution is 6.32. The molecule has 12 nitrogen and oxygen atoms in total. The summed E-state index contributed by atoms with van der Waals surface area (Å²) in [5.74, 6) is -11.6. The number of phenolic OH excluding ortho intramolecular Hbond substituents is 1. The van der Waals surface area contributed by atoms with Crippen LogP contribution in [0.25, 0.3) is 0 Å². The number of carbonyl (C=O) groups excluding carboxylic acids is 6. The number of anilines is 1. The van der Waals surface area contributed by atoms with Crippen LogP contribution in [-0.4, -0.2) is 101 Å². The molecular weight excluding hydrogens is 484 g/mol. The number of fused-ring (bicyclic) bond motifs is 3. The van der Waals surface area contributed by atoms with Crippen LogP contribution in [0.5, 0.6) is 5.75 Å². The van der Waals surface area contributed by atoms with Crippen LogP contribution in [0.15, 0.2) is 12.1 Å². The number of hydrogen-bond donors (Lipinski definition) is 4. The number of aromatic hydroxyl groups is 1. The molecule has 3 aliphatic rings. The van der Waals surface area contributed by atoms with E-state index >= 15 is 0 Å². The third kappa shape index (κ3) is 3.95. The summed E-state index contributed by atoms with van der Waals surface area (Å²) in [6.45, 7) is 0.0248. The highest BCUT2D eigenvalue weighted by Gasteiger charge is 2.69. The van der Waals surface area contributed by atoms with Gasteiger partial charge in [0, 0.05) is 5.92 Å². The van der Waals surface area contributed by atoms with Crippen molar-refractivity contribution in [3.8, 4) is 5.75 Å². The highest BCUT2D eigenvalue weighted by Crippen LogP contribution is 2.51. The van der Waals surface area contributed by atoms with Gasteiger partial charge in [-0.25, -0.2) is 0 Å². The third-order valence-corrected chi connectivity index (χ3v) is 7.67. The standard InChI is InChI=1S/C25H30N4O8/c1-28(2)9-14(30)27-13-6-5-10-7-11-8-12-18(29(3)4)21(33)17(24(26)36)23(35)25(12,37)22(34)16(11)20(32)15(10)19(13)31/h5-6,11-12,16-18,31,37H,7-9H2,1-4H3,(H2,26,36)(H,27,30). The van der Waals surface area contributed by atoms with Gasteiger partial charge >= 0.3 is 0 Å². The fourth-order valence-corrected chi connectivity index (χ4v) is 6.16. The van der Waals surface area contributed by atoms with Crippen molar-refractivity contribution in [2.24, 2.45) is 29.4 Å². The van der Waals surface area contributed by atoms with Gasteiger partial charge in [-0.1, -0.05) is 6.07 Å². The van der Waals surface area contributed by atoms with E-state index in [4.69, 9.17) is 5.73 Å². The van der Waals surface area contributed by atoms with Gasteiger partial charge in [0.1, 0.15) is 5.75 Å². The normalized spacial score (nSPS) is 31.2. The number of nitrogens with zero attached hydrogens (tertiary/aromatic N) is 2. The van der Waals surface area contributed by atoms with Gasteiger partial charge in [0.25, 0.3) is 0 Å². The smallest absolute Gasteiger partial charge is 0.238 e. The van der Waals surface area contributed by atoms with Crippen LogP contribution in [-0.2, 0) is 30.4 Å². The number of nitrogens with one attached hydrogen (secondary N) is 1. The van der Waals surface area contributed by atoms with Gasteiger partial charge < -0.3 is 26.2 Å².